The molecule has 5 nitrogen and oxygen atoms in total. The first-order chi connectivity index (χ1) is 11.0. The standard InChI is InChI=1S/C17H22BrN3O2.ClH/c18-12-3-5-13(6-4-12)21-14(22)7-8-20-17(23)15-10-1-2-11(9-10)16(15)19;/h3-6,10-11,15-16H,1-2,7-9,19H2,(H,20,23)(H,21,22);1H. The zero-order valence-electron chi connectivity index (χ0n) is 13.3. The SMILES string of the molecule is Cl.NC1C2CCC(C2)C1C(=O)NCCC(=O)Nc1ccc(Br)cc1. The summed E-state index contributed by atoms with van der Waals surface area (Å²) in [7, 11) is 0. The summed E-state index contributed by atoms with van der Waals surface area (Å²) in [6.07, 6.45) is 3.62. The number of carbonyl (C=O) groups excluding carboxylic acids is 2. The molecular formula is C17H23BrClN3O2. The van der Waals surface area contributed by atoms with Gasteiger partial charge in [-0.15, -0.1) is 12.4 Å². The van der Waals surface area contributed by atoms with Crippen LogP contribution < -0.4 is 16.4 Å². The highest BCUT2D eigenvalue weighted by molar-refractivity contribution is 9.10. The minimum Gasteiger partial charge on any atom is -0.355 e. The summed E-state index contributed by atoms with van der Waals surface area (Å²) >= 11 is 3.35. The molecule has 0 radical (unpaired) electrons. The number of nitrogens with one attached hydrogen (secondary N) is 2. The van der Waals surface area contributed by atoms with Gasteiger partial charge in [-0.05, 0) is 55.4 Å². The van der Waals surface area contributed by atoms with Gasteiger partial charge >= 0.3 is 0 Å². The van der Waals surface area contributed by atoms with E-state index in [9.17, 15) is 9.59 Å². The molecule has 2 amide bonds. The molecule has 0 aliphatic heterocycles. The number of hydrogen-bond acceptors (Lipinski definition) is 3. The molecule has 24 heavy (non-hydrogen) atoms. The second-order valence-electron chi connectivity index (χ2n) is 6.53. The van der Waals surface area contributed by atoms with E-state index in [1.807, 2.05) is 24.3 Å². The predicted octanol–water partition coefficient (Wildman–Crippen LogP) is 2.69. The van der Waals surface area contributed by atoms with Crippen LogP contribution in [0.25, 0.3) is 0 Å². The lowest BCUT2D eigenvalue weighted by Gasteiger charge is -2.26. The molecular weight excluding hydrogens is 394 g/mol. The molecule has 2 fully saturated rings. The Morgan fingerprint density at radius 2 is 1.83 bits per heavy atom. The summed E-state index contributed by atoms with van der Waals surface area (Å²) in [5, 5.41) is 5.69. The fraction of sp³-hybridized carbons (Fsp3) is 0.529. The number of rotatable bonds is 5. The van der Waals surface area contributed by atoms with Crippen molar-refractivity contribution < 1.29 is 9.59 Å². The molecule has 2 aliphatic rings. The number of halogens is 2. The molecule has 4 N–H and O–H groups in total. The van der Waals surface area contributed by atoms with Crippen LogP contribution in [0.4, 0.5) is 5.69 Å². The number of amides is 2. The summed E-state index contributed by atoms with van der Waals surface area (Å²) in [6.45, 7) is 0.349. The molecule has 4 unspecified atom stereocenters. The Hall–Kier alpha value is -1.11. The molecule has 1 aromatic carbocycles. The average Bonchev–Trinajstić information content (AvgIpc) is 3.10. The van der Waals surface area contributed by atoms with Gasteiger partial charge in [0.1, 0.15) is 0 Å². The molecule has 2 saturated carbocycles. The van der Waals surface area contributed by atoms with Crippen LogP contribution in [-0.2, 0) is 9.59 Å². The highest BCUT2D eigenvalue weighted by Gasteiger charge is 2.48. The maximum Gasteiger partial charge on any atom is 0.226 e. The average molecular weight is 417 g/mol. The second-order valence-corrected chi connectivity index (χ2v) is 7.45. The summed E-state index contributed by atoms with van der Waals surface area (Å²) < 4.78 is 0.963. The van der Waals surface area contributed by atoms with Gasteiger partial charge in [0.25, 0.3) is 0 Å². The van der Waals surface area contributed by atoms with E-state index < -0.39 is 0 Å². The maximum atomic E-state index is 12.3. The van der Waals surface area contributed by atoms with E-state index in [-0.39, 0.29) is 42.6 Å². The minimum atomic E-state index is -0.107. The van der Waals surface area contributed by atoms with Crippen molar-refractivity contribution >= 4 is 45.8 Å². The number of carbonyl (C=O) groups is 2. The topological polar surface area (TPSA) is 84.2 Å². The van der Waals surface area contributed by atoms with Crippen LogP contribution in [0.5, 0.6) is 0 Å². The van der Waals surface area contributed by atoms with Crippen molar-refractivity contribution in [3.05, 3.63) is 28.7 Å². The van der Waals surface area contributed by atoms with Gasteiger partial charge in [-0.2, -0.15) is 0 Å². The molecule has 7 heteroatoms. The van der Waals surface area contributed by atoms with Crippen LogP contribution in [0.1, 0.15) is 25.7 Å². The van der Waals surface area contributed by atoms with Crippen molar-refractivity contribution in [2.75, 3.05) is 11.9 Å². The van der Waals surface area contributed by atoms with Crippen molar-refractivity contribution in [3.8, 4) is 0 Å². The van der Waals surface area contributed by atoms with Crippen LogP contribution in [0, 0.1) is 17.8 Å². The Morgan fingerprint density at radius 1 is 1.17 bits per heavy atom. The largest absolute Gasteiger partial charge is 0.355 e. The van der Waals surface area contributed by atoms with Crippen molar-refractivity contribution in [2.24, 2.45) is 23.5 Å². The Morgan fingerprint density at radius 3 is 2.46 bits per heavy atom. The van der Waals surface area contributed by atoms with Gasteiger partial charge in [0.15, 0.2) is 0 Å². The van der Waals surface area contributed by atoms with Crippen molar-refractivity contribution in [3.63, 3.8) is 0 Å². The van der Waals surface area contributed by atoms with Gasteiger partial charge in [-0.1, -0.05) is 15.9 Å². The van der Waals surface area contributed by atoms with Crippen LogP contribution in [0.2, 0.25) is 0 Å². The smallest absolute Gasteiger partial charge is 0.226 e. The molecule has 0 spiro atoms. The Bertz CT molecular complexity index is 594. The molecule has 2 aliphatic carbocycles. The quantitative estimate of drug-likeness (QED) is 0.690. The highest BCUT2D eigenvalue weighted by Crippen LogP contribution is 2.47. The van der Waals surface area contributed by atoms with E-state index in [0.717, 1.165) is 29.4 Å². The monoisotopic (exact) mass is 415 g/mol. The number of fused-ring (bicyclic) bond motifs is 2. The fourth-order valence-corrected chi connectivity index (χ4v) is 4.16. The van der Waals surface area contributed by atoms with Crippen molar-refractivity contribution in [1.82, 2.24) is 5.32 Å². The van der Waals surface area contributed by atoms with Gasteiger partial charge in [0, 0.05) is 29.2 Å². The normalized spacial score (nSPS) is 27.4. The van der Waals surface area contributed by atoms with Gasteiger partial charge in [-0.3, -0.25) is 9.59 Å². The Labute approximate surface area is 156 Å². The number of anilines is 1. The van der Waals surface area contributed by atoms with Gasteiger partial charge in [0.05, 0.1) is 5.92 Å². The molecule has 4 atom stereocenters. The lowest BCUT2D eigenvalue weighted by molar-refractivity contribution is -0.127. The van der Waals surface area contributed by atoms with E-state index in [4.69, 9.17) is 5.73 Å². The molecule has 2 bridgehead atoms. The maximum absolute atomic E-state index is 12.3. The second kappa shape index (κ2) is 8.32. The van der Waals surface area contributed by atoms with Gasteiger partial charge < -0.3 is 16.4 Å². The van der Waals surface area contributed by atoms with E-state index in [1.165, 1.54) is 0 Å². The molecule has 132 valence electrons. The lowest BCUT2D eigenvalue weighted by Crippen LogP contribution is -2.45. The molecule has 3 rings (SSSR count). The highest BCUT2D eigenvalue weighted by atomic mass is 79.9. The number of benzene rings is 1. The van der Waals surface area contributed by atoms with Crippen molar-refractivity contribution in [2.45, 2.75) is 31.7 Å². The molecule has 0 heterocycles. The fourth-order valence-electron chi connectivity index (χ4n) is 3.90. The summed E-state index contributed by atoms with van der Waals surface area (Å²) in [5.74, 6) is 0.789. The van der Waals surface area contributed by atoms with E-state index in [0.29, 0.717) is 18.4 Å². The van der Waals surface area contributed by atoms with Gasteiger partial charge in [-0.25, -0.2) is 0 Å². The molecule has 1 aromatic rings. The van der Waals surface area contributed by atoms with Crippen LogP contribution >= 0.6 is 28.3 Å². The third kappa shape index (κ3) is 4.29. The summed E-state index contributed by atoms with van der Waals surface area (Å²) in [4.78, 5) is 24.2. The first-order valence-electron chi connectivity index (χ1n) is 8.13. The first kappa shape index (κ1) is 19.2. The number of nitrogens with two attached hydrogens (primary N) is 1. The minimum absolute atomic E-state index is 0. The molecule has 0 aromatic heterocycles. The third-order valence-electron chi connectivity index (χ3n) is 5.06. The van der Waals surface area contributed by atoms with E-state index in [2.05, 4.69) is 26.6 Å². The summed E-state index contributed by atoms with van der Waals surface area (Å²) in [6, 6.07) is 7.39. The lowest BCUT2D eigenvalue weighted by atomic mass is 9.84. The van der Waals surface area contributed by atoms with Crippen LogP contribution in [-0.4, -0.2) is 24.4 Å². The van der Waals surface area contributed by atoms with Gasteiger partial charge in [0.2, 0.25) is 11.8 Å². The van der Waals surface area contributed by atoms with E-state index >= 15 is 0 Å². The van der Waals surface area contributed by atoms with Crippen LogP contribution in [0.15, 0.2) is 28.7 Å². The van der Waals surface area contributed by atoms with E-state index in [1.54, 1.807) is 0 Å². The number of hydrogen-bond donors (Lipinski definition) is 3. The zero-order chi connectivity index (χ0) is 16.4. The summed E-state index contributed by atoms with van der Waals surface area (Å²) in [5.41, 5.74) is 6.92. The Balaban J connectivity index is 0.00000208. The zero-order valence-corrected chi connectivity index (χ0v) is 15.7. The first-order valence-corrected chi connectivity index (χ1v) is 8.92. The van der Waals surface area contributed by atoms with Crippen molar-refractivity contribution in [1.29, 1.82) is 0 Å². The molecule has 0 saturated heterocycles. The Kier molecular flexibility index (Phi) is 6.66. The third-order valence-corrected chi connectivity index (χ3v) is 5.59. The van der Waals surface area contributed by atoms with Crippen LogP contribution in [0.3, 0.4) is 0 Å². The predicted molar refractivity (Wildman–Crippen MR) is 99.9 cm³/mol.